The fraction of sp³-hybridized carbons (Fsp3) is 0. The van der Waals surface area contributed by atoms with E-state index in [9.17, 15) is 0 Å². The monoisotopic (exact) mass is 225 g/mol. The molecule has 0 bridgehead atoms. The quantitative estimate of drug-likeness (QED) is 0.750. The molecule has 5 heteroatoms. The SMILES string of the molecule is Clc1nnc(-c2ccccc2)nc1Cl. The second-order valence-corrected chi connectivity index (χ2v) is 3.30. The van der Waals surface area contributed by atoms with E-state index in [4.69, 9.17) is 23.2 Å². The Bertz CT molecular complexity index is 445. The molecule has 70 valence electrons. The number of hydrogen-bond donors (Lipinski definition) is 0. The van der Waals surface area contributed by atoms with E-state index in [1.165, 1.54) is 0 Å². The van der Waals surface area contributed by atoms with Crippen LogP contribution in [-0.4, -0.2) is 15.2 Å². The highest BCUT2D eigenvalue weighted by atomic mass is 35.5. The van der Waals surface area contributed by atoms with E-state index >= 15 is 0 Å². The number of nitrogens with zero attached hydrogens (tertiary/aromatic N) is 3. The topological polar surface area (TPSA) is 38.7 Å². The van der Waals surface area contributed by atoms with Gasteiger partial charge >= 0.3 is 0 Å². The van der Waals surface area contributed by atoms with Crippen LogP contribution in [0.3, 0.4) is 0 Å². The van der Waals surface area contributed by atoms with Crippen molar-refractivity contribution in [3.63, 3.8) is 0 Å². The summed E-state index contributed by atoms with van der Waals surface area (Å²) in [6.45, 7) is 0. The van der Waals surface area contributed by atoms with Crippen LogP contribution in [0.25, 0.3) is 11.4 Å². The molecule has 0 unspecified atom stereocenters. The Kier molecular flexibility index (Phi) is 2.61. The average Bonchev–Trinajstić information content (AvgIpc) is 2.23. The molecule has 1 heterocycles. The van der Waals surface area contributed by atoms with Crippen LogP contribution in [0.15, 0.2) is 30.3 Å². The Morgan fingerprint density at radius 3 is 2.21 bits per heavy atom. The van der Waals surface area contributed by atoms with Gasteiger partial charge in [-0.1, -0.05) is 53.5 Å². The van der Waals surface area contributed by atoms with Crippen molar-refractivity contribution < 1.29 is 0 Å². The summed E-state index contributed by atoms with van der Waals surface area (Å²) >= 11 is 11.3. The first-order valence-corrected chi connectivity index (χ1v) is 4.64. The maximum absolute atomic E-state index is 5.72. The van der Waals surface area contributed by atoms with Gasteiger partial charge in [-0.05, 0) is 0 Å². The van der Waals surface area contributed by atoms with Gasteiger partial charge < -0.3 is 0 Å². The number of benzene rings is 1. The molecule has 1 aromatic heterocycles. The lowest BCUT2D eigenvalue weighted by Crippen LogP contribution is -1.93. The van der Waals surface area contributed by atoms with Gasteiger partial charge in [0.1, 0.15) is 0 Å². The van der Waals surface area contributed by atoms with E-state index in [0.717, 1.165) is 5.56 Å². The molecule has 0 aliphatic carbocycles. The van der Waals surface area contributed by atoms with Gasteiger partial charge in [-0.2, -0.15) is 0 Å². The molecule has 0 amide bonds. The van der Waals surface area contributed by atoms with Crippen molar-refractivity contribution in [2.24, 2.45) is 0 Å². The molecule has 14 heavy (non-hydrogen) atoms. The summed E-state index contributed by atoms with van der Waals surface area (Å²) in [5, 5.41) is 7.79. The molecule has 0 saturated carbocycles. The lowest BCUT2D eigenvalue weighted by Gasteiger charge is -1.98. The minimum atomic E-state index is 0.117. The van der Waals surface area contributed by atoms with Crippen LogP contribution < -0.4 is 0 Å². The number of halogens is 2. The van der Waals surface area contributed by atoms with Crippen LogP contribution in [0.5, 0.6) is 0 Å². The van der Waals surface area contributed by atoms with Gasteiger partial charge in [0.15, 0.2) is 16.1 Å². The van der Waals surface area contributed by atoms with Crippen LogP contribution in [0, 0.1) is 0 Å². The Labute approximate surface area is 90.7 Å². The normalized spacial score (nSPS) is 10.1. The van der Waals surface area contributed by atoms with Crippen molar-refractivity contribution >= 4 is 23.2 Å². The van der Waals surface area contributed by atoms with E-state index in [2.05, 4.69) is 15.2 Å². The highest BCUT2D eigenvalue weighted by Gasteiger charge is 2.05. The summed E-state index contributed by atoms with van der Waals surface area (Å²) in [7, 11) is 0. The summed E-state index contributed by atoms with van der Waals surface area (Å²) in [6, 6.07) is 9.44. The zero-order valence-electron chi connectivity index (χ0n) is 6.98. The highest BCUT2D eigenvalue weighted by Crippen LogP contribution is 2.19. The van der Waals surface area contributed by atoms with Crippen LogP contribution in [0.1, 0.15) is 0 Å². The van der Waals surface area contributed by atoms with Crippen molar-refractivity contribution in [1.29, 1.82) is 0 Å². The molecule has 2 rings (SSSR count). The standard InChI is InChI=1S/C9H5Cl2N3/c10-7-8(11)13-14-9(12-7)6-4-2-1-3-5-6/h1-5H. The van der Waals surface area contributed by atoms with Crippen molar-refractivity contribution in [1.82, 2.24) is 15.2 Å². The van der Waals surface area contributed by atoms with E-state index in [1.54, 1.807) is 0 Å². The molecule has 0 atom stereocenters. The lowest BCUT2D eigenvalue weighted by molar-refractivity contribution is 0.981. The average molecular weight is 226 g/mol. The van der Waals surface area contributed by atoms with Gasteiger partial charge in [0, 0.05) is 5.56 Å². The predicted octanol–water partition coefficient (Wildman–Crippen LogP) is 2.85. The molecule has 1 aromatic carbocycles. The van der Waals surface area contributed by atoms with Crippen LogP contribution >= 0.6 is 23.2 Å². The molecule has 2 aromatic rings. The summed E-state index contributed by atoms with van der Waals surface area (Å²) in [6.07, 6.45) is 0. The maximum atomic E-state index is 5.72. The lowest BCUT2D eigenvalue weighted by atomic mass is 10.2. The molecule has 0 spiro atoms. The third kappa shape index (κ3) is 1.84. The Balaban J connectivity index is 2.48. The second kappa shape index (κ2) is 3.90. The van der Waals surface area contributed by atoms with E-state index in [1.807, 2.05) is 30.3 Å². The van der Waals surface area contributed by atoms with E-state index in [0.29, 0.717) is 5.82 Å². The molecule has 0 aliphatic rings. The highest BCUT2D eigenvalue weighted by molar-refractivity contribution is 6.40. The Morgan fingerprint density at radius 2 is 1.57 bits per heavy atom. The van der Waals surface area contributed by atoms with Gasteiger partial charge in [-0.15, -0.1) is 10.2 Å². The molecule has 0 radical (unpaired) electrons. The van der Waals surface area contributed by atoms with Crippen molar-refractivity contribution in [3.05, 3.63) is 40.6 Å². The molecular weight excluding hydrogens is 221 g/mol. The predicted molar refractivity (Wildman–Crippen MR) is 55.3 cm³/mol. The van der Waals surface area contributed by atoms with Crippen LogP contribution in [0.4, 0.5) is 0 Å². The Morgan fingerprint density at radius 1 is 0.857 bits per heavy atom. The minimum absolute atomic E-state index is 0.117. The molecule has 0 N–H and O–H groups in total. The van der Waals surface area contributed by atoms with Gasteiger partial charge in [0.05, 0.1) is 0 Å². The van der Waals surface area contributed by atoms with Crippen LogP contribution in [-0.2, 0) is 0 Å². The van der Waals surface area contributed by atoms with Gasteiger partial charge in [0.2, 0.25) is 0 Å². The minimum Gasteiger partial charge on any atom is -0.211 e. The molecular formula is C9H5Cl2N3. The first-order valence-electron chi connectivity index (χ1n) is 3.88. The third-order valence-corrected chi connectivity index (χ3v) is 2.25. The van der Waals surface area contributed by atoms with Gasteiger partial charge in [-0.3, -0.25) is 0 Å². The molecule has 0 fully saturated rings. The number of hydrogen-bond acceptors (Lipinski definition) is 3. The van der Waals surface area contributed by atoms with E-state index in [-0.39, 0.29) is 10.3 Å². The van der Waals surface area contributed by atoms with Gasteiger partial charge in [-0.25, -0.2) is 4.98 Å². The molecule has 0 aliphatic heterocycles. The summed E-state index contributed by atoms with van der Waals surface area (Å²) in [4.78, 5) is 4.00. The first-order chi connectivity index (χ1) is 6.77. The van der Waals surface area contributed by atoms with Crippen molar-refractivity contribution in [2.75, 3.05) is 0 Å². The third-order valence-electron chi connectivity index (χ3n) is 1.64. The molecule has 3 nitrogen and oxygen atoms in total. The van der Waals surface area contributed by atoms with Crippen LogP contribution in [0.2, 0.25) is 10.3 Å². The fourth-order valence-electron chi connectivity index (χ4n) is 1.00. The smallest absolute Gasteiger partial charge is 0.189 e. The summed E-state index contributed by atoms with van der Waals surface area (Å²) in [5.74, 6) is 0.472. The fourth-order valence-corrected chi connectivity index (χ4v) is 1.20. The van der Waals surface area contributed by atoms with Gasteiger partial charge in [0.25, 0.3) is 0 Å². The van der Waals surface area contributed by atoms with Crippen molar-refractivity contribution in [3.8, 4) is 11.4 Å². The maximum Gasteiger partial charge on any atom is 0.189 e. The zero-order valence-corrected chi connectivity index (χ0v) is 8.50. The Hall–Kier alpha value is -1.19. The summed E-state index contributed by atoms with van der Waals surface area (Å²) < 4.78 is 0. The number of rotatable bonds is 1. The largest absolute Gasteiger partial charge is 0.211 e. The number of aromatic nitrogens is 3. The molecule has 0 saturated heterocycles. The second-order valence-electron chi connectivity index (χ2n) is 2.58. The van der Waals surface area contributed by atoms with Crippen molar-refractivity contribution in [2.45, 2.75) is 0 Å². The van der Waals surface area contributed by atoms with E-state index < -0.39 is 0 Å². The zero-order chi connectivity index (χ0) is 9.97. The summed E-state index contributed by atoms with van der Waals surface area (Å²) in [5.41, 5.74) is 0.860. The first kappa shape index (κ1) is 9.37.